The lowest BCUT2D eigenvalue weighted by molar-refractivity contribution is -0.137. The van der Waals surface area contributed by atoms with Crippen molar-refractivity contribution in [2.45, 2.75) is 18.0 Å². The molecule has 3 aromatic rings. The lowest BCUT2D eigenvalue weighted by atomic mass is 10.0. The Morgan fingerprint density at radius 3 is 2.15 bits per heavy atom. The average Bonchev–Trinajstić information content (AvgIpc) is 3.23. The number of anilines is 1. The van der Waals surface area contributed by atoms with Gasteiger partial charge in [-0.3, -0.25) is 4.79 Å². The predicted octanol–water partition coefficient (Wildman–Crippen LogP) is 5.11. The fourth-order valence-electron chi connectivity index (χ4n) is 3.92. The van der Waals surface area contributed by atoms with Crippen LogP contribution >= 0.6 is 11.3 Å². The second kappa shape index (κ2) is 9.07. The van der Waals surface area contributed by atoms with E-state index in [9.17, 15) is 26.4 Å². The van der Waals surface area contributed by atoms with Crippen molar-refractivity contribution in [1.82, 2.24) is 4.90 Å². The molecule has 1 saturated heterocycles. The minimum Gasteiger partial charge on any atom is -0.368 e. The first-order valence-electron chi connectivity index (χ1n) is 10.5. The quantitative estimate of drug-likeness (QED) is 0.492. The van der Waals surface area contributed by atoms with Crippen LogP contribution < -0.4 is 4.90 Å². The summed E-state index contributed by atoms with van der Waals surface area (Å²) in [7, 11) is -3.50. The molecule has 180 valence electrons. The number of thiophene rings is 1. The number of alkyl halides is 3. The zero-order valence-corrected chi connectivity index (χ0v) is 20.2. The van der Waals surface area contributed by atoms with E-state index in [0.717, 1.165) is 28.8 Å². The maximum absolute atomic E-state index is 13.5. The van der Waals surface area contributed by atoms with E-state index < -0.39 is 21.6 Å². The molecule has 1 amide bonds. The second-order valence-corrected chi connectivity index (χ2v) is 11.2. The number of carbonyl (C=O) groups is 1. The van der Waals surface area contributed by atoms with Crippen molar-refractivity contribution in [3.8, 4) is 10.4 Å². The van der Waals surface area contributed by atoms with Crippen LogP contribution in [0.25, 0.3) is 10.4 Å². The van der Waals surface area contributed by atoms with E-state index in [1.165, 1.54) is 35.6 Å². The van der Waals surface area contributed by atoms with Crippen LogP contribution in [0.15, 0.2) is 58.8 Å². The van der Waals surface area contributed by atoms with Crippen LogP contribution in [0, 0.1) is 6.92 Å². The highest BCUT2D eigenvalue weighted by molar-refractivity contribution is 7.90. The van der Waals surface area contributed by atoms with E-state index in [0.29, 0.717) is 43.0 Å². The first kappa shape index (κ1) is 24.3. The van der Waals surface area contributed by atoms with Gasteiger partial charge in [0.25, 0.3) is 5.91 Å². The molecular weight excluding hydrogens is 485 g/mol. The van der Waals surface area contributed by atoms with Gasteiger partial charge < -0.3 is 9.80 Å². The molecule has 0 unspecified atom stereocenters. The van der Waals surface area contributed by atoms with E-state index in [4.69, 9.17) is 0 Å². The Hall–Kier alpha value is -2.85. The molecule has 2 heterocycles. The topological polar surface area (TPSA) is 57.7 Å². The molecule has 5 nitrogen and oxygen atoms in total. The number of hydrogen-bond acceptors (Lipinski definition) is 5. The van der Waals surface area contributed by atoms with Crippen molar-refractivity contribution in [2.75, 3.05) is 37.3 Å². The molecule has 0 aliphatic carbocycles. The number of sulfone groups is 1. The number of halogens is 3. The van der Waals surface area contributed by atoms with Gasteiger partial charge in [0.1, 0.15) is 0 Å². The molecule has 1 aliphatic rings. The van der Waals surface area contributed by atoms with Crippen LogP contribution in [0.4, 0.5) is 18.9 Å². The maximum atomic E-state index is 13.5. The van der Waals surface area contributed by atoms with Gasteiger partial charge in [0.2, 0.25) is 0 Å². The number of nitrogens with zero attached hydrogens (tertiary/aromatic N) is 2. The third-order valence-corrected chi connectivity index (χ3v) is 7.96. The Morgan fingerprint density at radius 2 is 1.62 bits per heavy atom. The molecule has 0 radical (unpaired) electrons. The van der Waals surface area contributed by atoms with Crippen molar-refractivity contribution in [1.29, 1.82) is 0 Å². The summed E-state index contributed by atoms with van der Waals surface area (Å²) in [6.07, 6.45) is -3.28. The summed E-state index contributed by atoms with van der Waals surface area (Å²) in [5.41, 5.74) is 2.02. The minimum absolute atomic E-state index is 0.0799. The van der Waals surface area contributed by atoms with Crippen molar-refractivity contribution in [3.05, 3.63) is 70.6 Å². The summed E-state index contributed by atoms with van der Waals surface area (Å²) in [6, 6.07) is 11.6. The van der Waals surface area contributed by atoms with E-state index in [2.05, 4.69) is 0 Å². The molecule has 2 aromatic carbocycles. The van der Waals surface area contributed by atoms with Gasteiger partial charge in [0.15, 0.2) is 9.84 Å². The molecule has 0 spiro atoms. The van der Waals surface area contributed by atoms with Crippen LogP contribution in [0.5, 0.6) is 0 Å². The third kappa shape index (κ3) is 5.12. The molecule has 1 aliphatic heterocycles. The first-order valence-corrected chi connectivity index (χ1v) is 13.3. The van der Waals surface area contributed by atoms with Gasteiger partial charge in [-0.15, -0.1) is 11.3 Å². The van der Waals surface area contributed by atoms with Crippen LogP contribution in [-0.2, 0) is 16.0 Å². The van der Waals surface area contributed by atoms with Crippen molar-refractivity contribution in [2.24, 2.45) is 0 Å². The average molecular weight is 509 g/mol. The van der Waals surface area contributed by atoms with Crippen LogP contribution in [0.2, 0.25) is 0 Å². The fourth-order valence-corrected chi connectivity index (χ4v) is 5.50. The summed E-state index contributed by atoms with van der Waals surface area (Å²) in [6.45, 7) is 3.59. The van der Waals surface area contributed by atoms with Gasteiger partial charge in [-0.25, -0.2) is 8.42 Å². The third-order valence-electron chi connectivity index (χ3n) is 5.77. The number of piperazine rings is 1. The zero-order chi connectivity index (χ0) is 24.7. The minimum atomic E-state index is -4.39. The summed E-state index contributed by atoms with van der Waals surface area (Å²) in [4.78, 5) is 18.0. The van der Waals surface area contributed by atoms with Crippen molar-refractivity contribution in [3.63, 3.8) is 0 Å². The van der Waals surface area contributed by atoms with Gasteiger partial charge in [-0.1, -0.05) is 6.07 Å². The molecule has 4 rings (SSSR count). The number of rotatable bonds is 4. The van der Waals surface area contributed by atoms with Gasteiger partial charge in [0.05, 0.1) is 10.5 Å². The first-order chi connectivity index (χ1) is 15.9. The monoisotopic (exact) mass is 508 g/mol. The van der Waals surface area contributed by atoms with Crippen LogP contribution in [-0.4, -0.2) is 51.7 Å². The van der Waals surface area contributed by atoms with Gasteiger partial charge in [-0.2, -0.15) is 13.2 Å². The molecule has 1 aromatic heterocycles. The van der Waals surface area contributed by atoms with Gasteiger partial charge in [-0.05, 0) is 60.3 Å². The number of aryl methyl sites for hydroxylation is 1. The normalized spacial score (nSPS) is 15.0. The van der Waals surface area contributed by atoms with Gasteiger partial charge >= 0.3 is 6.18 Å². The number of carbonyl (C=O) groups excluding carboxylic acids is 1. The van der Waals surface area contributed by atoms with E-state index in [1.54, 1.807) is 11.0 Å². The van der Waals surface area contributed by atoms with E-state index in [1.807, 2.05) is 23.3 Å². The molecule has 0 atom stereocenters. The largest absolute Gasteiger partial charge is 0.416 e. The predicted molar refractivity (Wildman–Crippen MR) is 127 cm³/mol. The maximum Gasteiger partial charge on any atom is 0.416 e. The highest BCUT2D eigenvalue weighted by atomic mass is 32.2. The molecule has 1 fully saturated rings. The van der Waals surface area contributed by atoms with Crippen molar-refractivity contribution < 1.29 is 26.4 Å². The summed E-state index contributed by atoms with van der Waals surface area (Å²) < 4.78 is 62.7. The van der Waals surface area contributed by atoms with E-state index in [-0.39, 0.29) is 10.8 Å². The summed E-state index contributed by atoms with van der Waals surface area (Å²) in [5.74, 6) is -0.265. The highest BCUT2D eigenvalue weighted by Crippen LogP contribution is 2.33. The summed E-state index contributed by atoms with van der Waals surface area (Å²) >= 11 is 1.49. The van der Waals surface area contributed by atoms with E-state index >= 15 is 0 Å². The Bertz CT molecular complexity index is 1310. The SMILES string of the molecule is Cc1csc(-c2ccc(S(C)(=O)=O)cc2C(=O)N2CCN(c3ccc(C(F)(F)F)cc3)CC2)c1. The number of amides is 1. The Morgan fingerprint density at radius 1 is 0.971 bits per heavy atom. The molecule has 0 saturated carbocycles. The lowest BCUT2D eigenvalue weighted by Gasteiger charge is -2.36. The van der Waals surface area contributed by atoms with Gasteiger partial charge in [0, 0.05) is 54.1 Å². The highest BCUT2D eigenvalue weighted by Gasteiger charge is 2.31. The molecule has 10 heteroatoms. The van der Waals surface area contributed by atoms with Crippen LogP contribution in [0.3, 0.4) is 0 Å². The number of hydrogen-bond donors (Lipinski definition) is 0. The summed E-state index contributed by atoms with van der Waals surface area (Å²) in [5, 5.41) is 1.97. The standard InChI is InChI=1S/C24H23F3N2O3S2/c1-16-13-22(33-15-16)20-8-7-19(34(2,31)32)14-21(20)23(30)29-11-9-28(10-12-29)18-5-3-17(4-6-18)24(25,26)27/h3-8,13-15H,9-12H2,1-2H3. The second-order valence-electron chi connectivity index (χ2n) is 8.29. The smallest absolute Gasteiger partial charge is 0.368 e. The molecule has 0 N–H and O–H groups in total. The fraction of sp³-hybridized carbons (Fsp3) is 0.292. The molecule has 34 heavy (non-hydrogen) atoms. The number of benzene rings is 2. The molecular formula is C24H23F3N2O3S2. The Balaban J connectivity index is 1.55. The Kier molecular flexibility index (Phi) is 6.48. The lowest BCUT2D eigenvalue weighted by Crippen LogP contribution is -2.49. The van der Waals surface area contributed by atoms with Crippen molar-refractivity contribution >= 4 is 32.8 Å². The Labute approximate surface area is 200 Å². The molecule has 0 bridgehead atoms. The zero-order valence-electron chi connectivity index (χ0n) is 18.6. The van der Waals surface area contributed by atoms with Crippen LogP contribution in [0.1, 0.15) is 21.5 Å².